The number of carbonyl (C=O) groups excluding carboxylic acids is 2. The Balaban J connectivity index is 0.000000967. The molecule has 9 heteroatoms. The number of nitrogens with zero attached hydrogens (tertiary/aromatic N) is 4. The first-order chi connectivity index (χ1) is 17.3. The maximum atomic E-state index is 13.0. The molecule has 4 heterocycles. The van der Waals surface area contributed by atoms with Crippen molar-refractivity contribution in [1.82, 2.24) is 20.4 Å². The number of carbonyl (C=O) groups is 2. The summed E-state index contributed by atoms with van der Waals surface area (Å²) in [6.07, 6.45) is 3.02. The quantitative estimate of drug-likeness (QED) is 0.534. The molecule has 2 amide bonds. The molecule has 0 bridgehead atoms. The molecule has 0 saturated carbocycles. The highest BCUT2D eigenvalue weighted by atomic mass is 32.1. The topological polar surface area (TPSA) is 101 Å². The molecule has 2 aliphatic rings. The predicted molar refractivity (Wildman–Crippen MR) is 141 cm³/mol. The molecule has 0 radical (unpaired) electrons. The van der Waals surface area contributed by atoms with Gasteiger partial charge in [-0.1, -0.05) is 49.7 Å². The maximum absolute atomic E-state index is 13.0. The van der Waals surface area contributed by atoms with Gasteiger partial charge in [-0.15, -0.1) is 11.3 Å². The Morgan fingerprint density at radius 1 is 1.25 bits per heavy atom. The number of amides is 2. The molecule has 0 spiro atoms. The van der Waals surface area contributed by atoms with E-state index in [0.29, 0.717) is 18.1 Å². The number of aromatic nitrogens is 2. The molecule has 1 N–H and O–H groups in total. The van der Waals surface area contributed by atoms with Crippen molar-refractivity contribution in [3.05, 3.63) is 58.6 Å². The lowest BCUT2D eigenvalue weighted by Crippen LogP contribution is -2.46. The predicted octanol–water partition coefficient (Wildman–Crippen LogP) is 4.81. The van der Waals surface area contributed by atoms with Crippen LogP contribution in [-0.4, -0.2) is 45.3 Å². The van der Waals surface area contributed by atoms with Crippen LogP contribution in [0.15, 0.2) is 45.4 Å². The molecule has 2 aliphatic heterocycles. The number of hydrogen-bond acceptors (Lipinski definition) is 7. The lowest BCUT2D eigenvalue weighted by molar-refractivity contribution is -0.130. The van der Waals surface area contributed by atoms with Crippen molar-refractivity contribution in [3.63, 3.8) is 0 Å². The van der Waals surface area contributed by atoms with Crippen molar-refractivity contribution >= 4 is 29.0 Å². The summed E-state index contributed by atoms with van der Waals surface area (Å²) in [6.45, 7) is 10.5. The highest BCUT2D eigenvalue weighted by Gasteiger charge is 2.45. The highest BCUT2D eigenvalue weighted by Crippen LogP contribution is 2.34. The SMILES string of the molecule is CCC.Cc1cc(CC(=O)N2CCCC2C2=NC(C)(c3ccc(-c4scnc4C)cc3)C(=O)N2)on1. The molecule has 1 saturated heterocycles. The van der Waals surface area contributed by atoms with E-state index in [0.717, 1.165) is 40.2 Å². The average molecular weight is 508 g/mol. The number of rotatable bonds is 5. The van der Waals surface area contributed by atoms with E-state index in [1.54, 1.807) is 22.3 Å². The molecule has 2 aromatic heterocycles. The summed E-state index contributed by atoms with van der Waals surface area (Å²) < 4.78 is 5.21. The van der Waals surface area contributed by atoms with E-state index in [-0.39, 0.29) is 24.3 Å². The first-order valence-corrected chi connectivity index (χ1v) is 13.3. The van der Waals surface area contributed by atoms with Crippen LogP contribution in [0.1, 0.15) is 62.7 Å². The fourth-order valence-corrected chi connectivity index (χ4v) is 5.35. The van der Waals surface area contributed by atoms with E-state index in [2.05, 4.69) is 29.3 Å². The third-order valence-corrected chi connectivity index (χ3v) is 7.35. The smallest absolute Gasteiger partial charge is 0.257 e. The second-order valence-corrected chi connectivity index (χ2v) is 10.3. The van der Waals surface area contributed by atoms with Crippen molar-refractivity contribution in [2.75, 3.05) is 6.54 Å². The summed E-state index contributed by atoms with van der Waals surface area (Å²) in [4.78, 5) is 38.0. The van der Waals surface area contributed by atoms with Crippen LogP contribution < -0.4 is 5.32 Å². The Morgan fingerprint density at radius 2 is 1.97 bits per heavy atom. The van der Waals surface area contributed by atoms with E-state index in [1.165, 1.54) is 6.42 Å². The minimum absolute atomic E-state index is 0.0523. The summed E-state index contributed by atoms with van der Waals surface area (Å²) in [5.41, 5.74) is 4.42. The zero-order valence-electron chi connectivity index (χ0n) is 21.5. The Labute approximate surface area is 215 Å². The Bertz CT molecular complexity index is 1260. The van der Waals surface area contributed by atoms with Crippen LogP contribution in [-0.2, 0) is 21.5 Å². The van der Waals surface area contributed by atoms with E-state index < -0.39 is 5.54 Å². The minimum Gasteiger partial charge on any atom is -0.361 e. The standard InChI is InChI=1S/C24H25N5O3S.C3H8/c1-14-11-18(32-28-14)12-20(30)29-10-4-5-19(29)22-26-23(31)24(3,27-22)17-8-6-16(7-9-17)21-15(2)25-13-33-21;1-3-2/h6-9,11,13,19H,4-5,10,12H2,1-3H3,(H,26,27,31);3H2,1-2H3. The Kier molecular flexibility index (Phi) is 7.68. The molecular formula is C27H33N5O3S. The number of nitrogens with one attached hydrogen (secondary N) is 1. The number of benzene rings is 1. The molecule has 0 aliphatic carbocycles. The second kappa shape index (κ2) is 10.7. The van der Waals surface area contributed by atoms with Gasteiger partial charge in [0.15, 0.2) is 5.54 Å². The molecule has 190 valence electrons. The number of likely N-dealkylation sites (tertiary alicyclic amines) is 1. The third-order valence-electron chi connectivity index (χ3n) is 6.37. The van der Waals surface area contributed by atoms with Crippen LogP contribution in [0.2, 0.25) is 0 Å². The van der Waals surface area contributed by atoms with E-state index in [9.17, 15) is 9.59 Å². The summed E-state index contributed by atoms with van der Waals surface area (Å²) in [5.74, 6) is 0.874. The van der Waals surface area contributed by atoms with Gasteiger partial charge in [0.05, 0.1) is 34.2 Å². The van der Waals surface area contributed by atoms with Crippen LogP contribution in [0.3, 0.4) is 0 Å². The van der Waals surface area contributed by atoms with Gasteiger partial charge in [0.25, 0.3) is 5.91 Å². The van der Waals surface area contributed by atoms with Crippen LogP contribution in [0, 0.1) is 13.8 Å². The van der Waals surface area contributed by atoms with Crippen molar-refractivity contribution in [1.29, 1.82) is 0 Å². The second-order valence-electron chi connectivity index (χ2n) is 9.43. The molecule has 1 fully saturated rings. The number of thiazole rings is 1. The molecule has 3 aromatic rings. The van der Waals surface area contributed by atoms with E-state index in [1.807, 2.05) is 50.5 Å². The Hall–Kier alpha value is -3.33. The van der Waals surface area contributed by atoms with Crippen LogP contribution >= 0.6 is 11.3 Å². The lowest BCUT2D eigenvalue weighted by atomic mass is 9.91. The summed E-state index contributed by atoms with van der Waals surface area (Å²) >= 11 is 1.60. The number of amidine groups is 1. The van der Waals surface area contributed by atoms with Crippen molar-refractivity contribution in [2.45, 2.75) is 71.9 Å². The number of aliphatic imine (C=N–C) groups is 1. The normalized spacial score (nSPS) is 21.1. The van der Waals surface area contributed by atoms with Gasteiger partial charge in [-0.05, 0) is 44.7 Å². The summed E-state index contributed by atoms with van der Waals surface area (Å²) in [5, 5.41) is 6.82. The molecule has 36 heavy (non-hydrogen) atoms. The van der Waals surface area contributed by atoms with E-state index in [4.69, 9.17) is 9.52 Å². The molecule has 5 rings (SSSR count). The van der Waals surface area contributed by atoms with Gasteiger partial charge in [-0.2, -0.15) is 0 Å². The number of aryl methyl sites for hydroxylation is 2. The molecule has 2 atom stereocenters. The van der Waals surface area contributed by atoms with Crippen molar-refractivity contribution < 1.29 is 14.1 Å². The lowest BCUT2D eigenvalue weighted by Gasteiger charge is -2.24. The van der Waals surface area contributed by atoms with Crippen LogP contribution in [0.5, 0.6) is 0 Å². The fourth-order valence-electron chi connectivity index (χ4n) is 4.54. The Morgan fingerprint density at radius 3 is 2.58 bits per heavy atom. The van der Waals surface area contributed by atoms with Gasteiger partial charge in [-0.3, -0.25) is 9.59 Å². The van der Waals surface area contributed by atoms with Gasteiger partial charge in [0.2, 0.25) is 5.91 Å². The number of hydrogen-bond donors (Lipinski definition) is 1. The third kappa shape index (κ3) is 5.11. The van der Waals surface area contributed by atoms with Gasteiger partial charge >= 0.3 is 0 Å². The largest absolute Gasteiger partial charge is 0.361 e. The van der Waals surface area contributed by atoms with Gasteiger partial charge in [0, 0.05) is 12.6 Å². The molecule has 2 unspecified atom stereocenters. The first kappa shape index (κ1) is 25.8. The summed E-state index contributed by atoms with van der Waals surface area (Å²) in [6, 6.07) is 9.44. The minimum atomic E-state index is -1.03. The zero-order valence-corrected chi connectivity index (χ0v) is 22.3. The van der Waals surface area contributed by atoms with Crippen molar-refractivity contribution in [3.8, 4) is 10.4 Å². The van der Waals surface area contributed by atoms with Gasteiger partial charge < -0.3 is 14.7 Å². The highest BCUT2D eigenvalue weighted by molar-refractivity contribution is 7.13. The van der Waals surface area contributed by atoms with Crippen LogP contribution in [0.25, 0.3) is 10.4 Å². The van der Waals surface area contributed by atoms with Crippen molar-refractivity contribution in [2.24, 2.45) is 4.99 Å². The fraction of sp³-hybridized carbons (Fsp3) is 0.444. The first-order valence-electron chi connectivity index (χ1n) is 12.4. The monoisotopic (exact) mass is 507 g/mol. The van der Waals surface area contributed by atoms with Gasteiger partial charge in [0.1, 0.15) is 11.6 Å². The average Bonchev–Trinajstić information content (AvgIpc) is 3.63. The molecule has 1 aromatic carbocycles. The zero-order chi connectivity index (χ0) is 25.9. The van der Waals surface area contributed by atoms with Crippen LogP contribution in [0.4, 0.5) is 0 Å². The van der Waals surface area contributed by atoms with Gasteiger partial charge in [-0.25, -0.2) is 9.98 Å². The molecular weight excluding hydrogens is 474 g/mol. The van der Waals surface area contributed by atoms with E-state index >= 15 is 0 Å². The molecule has 8 nitrogen and oxygen atoms in total. The summed E-state index contributed by atoms with van der Waals surface area (Å²) in [7, 11) is 0. The maximum Gasteiger partial charge on any atom is 0.257 e.